The van der Waals surface area contributed by atoms with E-state index in [2.05, 4.69) is 6.07 Å². The second kappa shape index (κ2) is 8.28. The molecule has 0 aliphatic heterocycles. The lowest BCUT2D eigenvalue weighted by molar-refractivity contribution is -0.132. The van der Waals surface area contributed by atoms with E-state index >= 15 is 0 Å². The van der Waals surface area contributed by atoms with Gasteiger partial charge in [0.05, 0.1) is 12.7 Å². The van der Waals surface area contributed by atoms with E-state index in [1.807, 2.05) is 44.2 Å². The van der Waals surface area contributed by atoms with Crippen LogP contribution in [0.2, 0.25) is 0 Å². The van der Waals surface area contributed by atoms with Crippen LogP contribution in [-0.2, 0) is 9.53 Å². The zero-order valence-corrected chi connectivity index (χ0v) is 11.5. The van der Waals surface area contributed by atoms with E-state index < -0.39 is 5.92 Å². The van der Waals surface area contributed by atoms with E-state index in [1.54, 1.807) is 4.90 Å². The van der Waals surface area contributed by atoms with Gasteiger partial charge in [0.15, 0.2) is 0 Å². The van der Waals surface area contributed by atoms with E-state index in [1.165, 1.54) is 0 Å². The zero-order valence-electron chi connectivity index (χ0n) is 11.5. The van der Waals surface area contributed by atoms with Crippen molar-refractivity contribution in [2.24, 2.45) is 0 Å². The average molecular weight is 260 g/mol. The molecule has 1 rings (SSSR count). The molecule has 4 heteroatoms. The van der Waals surface area contributed by atoms with Gasteiger partial charge in [0.2, 0.25) is 5.91 Å². The van der Waals surface area contributed by atoms with Crippen LogP contribution in [0.3, 0.4) is 0 Å². The van der Waals surface area contributed by atoms with Gasteiger partial charge in [-0.2, -0.15) is 5.26 Å². The third kappa shape index (κ3) is 4.38. The molecule has 0 fully saturated rings. The highest BCUT2D eigenvalue weighted by atomic mass is 16.5. The van der Waals surface area contributed by atoms with Crippen LogP contribution in [0.15, 0.2) is 30.3 Å². The summed E-state index contributed by atoms with van der Waals surface area (Å²) < 4.78 is 5.26. The number of nitriles is 1. The number of likely N-dealkylation sites (N-methyl/N-ethyl adjacent to an activating group) is 1. The fourth-order valence-corrected chi connectivity index (χ4v) is 1.84. The standard InChI is InChI=1S/C15H20N2O2/c1-3-17(10-11-19-4-2)15(18)14(12-16)13-8-6-5-7-9-13/h5-9,14H,3-4,10-11H2,1-2H3. The smallest absolute Gasteiger partial charge is 0.244 e. The quantitative estimate of drug-likeness (QED) is 0.706. The molecule has 102 valence electrons. The minimum atomic E-state index is -0.734. The van der Waals surface area contributed by atoms with Crippen molar-refractivity contribution in [1.29, 1.82) is 5.26 Å². The largest absolute Gasteiger partial charge is 0.380 e. The highest BCUT2D eigenvalue weighted by Gasteiger charge is 2.24. The Hall–Kier alpha value is -1.86. The summed E-state index contributed by atoms with van der Waals surface area (Å²) in [5.41, 5.74) is 0.741. The molecule has 1 unspecified atom stereocenters. The predicted octanol–water partition coefficient (Wildman–Crippen LogP) is 2.18. The van der Waals surface area contributed by atoms with Gasteiger partial charge in [-0.05, 0) is 19.4 Å². The van der Waals surface area contributed by atoms with E-state index in [0.717, 1.165) is 5.56 Å². The number of nitrogens with zero attached hydrogens (tertiary/aromatic N) is 2. The van der Waals surface area contributed by atoms with Crippen molar-refractivity contribution in [1.82, 2.24) is 4.90 Å². The number of carbonyl (C=O) groups excluding carboxylic acids is 1. The third-order valence-electron chi connectivity index (χ3n) is 2.91. The maximum atomic E-state index is 12.3. The lowest BCUT2D eigenvalue weighted by Gasteiger charge is -2.23. The van der Waals surface area contributed by atoms with E-state index in [4.69, 9.17) is 4.74 Å². The van der Waals surface area contributed by atoms with Gasteiger partial charge >= 0.3 is 0 Å². The maximum Gasteiger partial charge on any atom is 0.244 e. The molecule has 1 atom stereocenters. The molecular formula is C15H20N2O2. The first-order chi connectivity index (χ1) is 9.24. The van der Waals surface area contributed by atoms with Gasteiger partial charge in [-0.1, -0.05) is 30.3 Å². The molecule has 1 aromatic carbocycles. The molecule has 0 aliphatic carbocycles. The fraction of sp³-hybridized carbons (Fsp3) is 0.467. The molecule has 4 nitrogen and oxygen atoms in total. The summed E-state index contributed by atoms with van der Waals surface area (Å²) in [6.45, 7) is 6.06. The molecule has 0 aliphatic rings. The molecule has 0 bridgehead atoms. The van der Waals surface area contributed by atoms with Gasteiger partial charge in [0, 0.05) is 19.7 Å². The molecule has 0 radical (unpaired) electrons. The van der Waals surface area contributed by atoms with Crippen molar-refractivity contribution in [2.75, 3.05) is 26.3 Å². The Balaban J connectivity index is 2.74. The summed E-state index contributed by atoms with van der Waals surface area (Å²) in [6.07, 6.45) is 0. The van der Waals surface area contributed by atoms with Crippen molar-refractivity contribution in [2.45, 2.75) is 19.8 Å². The summed E-state index contributed by atoms with van der Waals surface area (Å²) in [5, 5.41) is 9.24. The Kier molecular flexibility index (Phi) is 6.62. The van der Waals surface area contributed by atoms with E-state index in [-0.39, 0.29) is 5.91 Å². The number of amides is 1. The van der Waals surface area contributed by atoms with E-state index in [0.29, 0.717) is 26.3 Å². The summed E-state index contributed by atoms with van der Waals surface area (Å²) in [7, 11) is 0. The lowest BCUT2D eigenvalue weighted by atomic mass is 9.99. The molecule has 0 heterocycles. The second-order valence-corrected chi connectivity index (χ2v) is 4.09. The first kappa shape index (κ1) is 15.2. The van der Waals surface area contributed by atoms with Crippen LogP contribution < -0.4 is 0 Å². The number of carbonyl (C=O) groups is 1. The van der Waals surface area contributed by atoms with E-state index in [9.17, 15) is 10.1 Å². The molecule has 1 aromatic rings. The molecule has 0 saturated heterocycles. The number of hydrogen-bond donors (Lipinski definition) is 0. The first-order valence-corrected chi connectivity index (χ1v) is 6.55. The Labute approximate surface area is 114 Å². The predicted molar refractivity (Wildman–Crippen MR) is 73.5 cm³/mol. The Morgan fingerprint density at radius 1 is 1.37 bits per heavy atom. The highest BCUT2D eigenvalue weighted by Crippen LogP contribution is 2.17. The number of benzene rings is 1. The average Bonchev–Trinajstić information content (AvgIpc) is 2.45. The minimum Gasteiger partial charge on any atom is -0.380 e. The molecule has 1 amide bonds. The number of ether oxygens (including phenoxy) is 1. The van der Waals surface area contributed by atoms with Gasteiger partial charge in [0.25, 0.3) is 0 Å². The van der Waals surface area contributed by atoms with Crippen LogP contribution in [0.25, 0.3) is 0 Å². The van der Waals surface area contributed by atoms with Crippen LogP contribution in [0.5, 0.6) is 0 Å². The Morgan fingerprint density at radius 3 is 2.58 bits per heavy atom. The van der Waals surface area contributed by atoms with Crippen molar-refractivity contribution in [3.63, 3.8) is 0 Å². The summed E-state index contributed by atoms with van der Waals surface area (Å²) >= 11 is 0. The first-order valence-electron chi connectivity index (χ1n) is 6.55. The van der Waals surface area contributed by atoms with Gasteiger partial charge in [-0.3, -0.25) is 4.79 Å². The summed E-state index contributed by atoms with van der Waals surface area (Å²) in [4.78, 5) is 14.0. The van der Waals surface area contributed by atoms with Gasteiger partial charge in [0.1, 0.15) is 5.92 Å². The monoisotopic (exact) mass is 260 g/mol. The Morgan fingerprint density at radius 2 is 2.05 bits per heavy atom. The Bertz CT molecular complexity index is 426. The molecule has 0 N–H and O–H groups in total. The van der Waals surface area contributed by atoms with Gasteiger partial charge in [-0.25, -0.2) is 0 Å². The SMILES string of the molecule is CCOCCN(CC)C(=O)C(C#N)c1ccccc1. The normalized spacial score (nSPS) is 11.6. The highest BCUT2D eigenvalue weighted by molar-refractivity contribution is 5.86. The maximum absolute atomic E-state index is 12.3. The van der Waals surface area contributed by atoms with Crippen molar-refractivity contribution < 1.29 is 9.53 Å². The molecule has 0 aromatic heterocycles. The molecule has 0 spiro atoms. The van der Waals surface area contributed by atoms with Crippen LogP contribution in [0, 0.1) is 11.3 Å². The third-order valence-corrected chi connectivity index (χ3v) is 2.91. The molecule has 19 heavy (non-hydrogen) atoms. The van der Waals surface area contributed by atoms with Crippen LogP contribution in [-0.4, -0.2) is 37.1 Å². The zero-order chi connectivity index (χ0) is 14.1. The molecular weight excluding hydrogens is 240 g/mol. The topological polar surface area (TPSA) is 53.3 Å². The molecule has 0 saturated carbocycles. The number of rotatable bonds is 7. The fourth-order valence-electron chi connectivity index (χ4n) is 1.84. The second-order valence-electron chi connectivity index (χ2n) is 4.09. The van der Waals surface area contributed by atoms with Gasteiger partial charge < -0.3 is 9.64 Å². The van der Waals surface area contributed by atoms with Crippen LogP contribution in [0.4, 0.5) is 0 Å². The minimum absolute atomic E-state index is 0.157. The van der Waals surface area contributed by atoms with Gasteiger partial charge in [-0.15, -0.1) is 0 Å². The van der Waals surface area contributed by atoms with Crippen molar-refractivity contribution in [3.8, 4) is 6.07 Å². The van der Waals surface area contributed by atoms with Crippen LogP contribution >= 0.6 is 0 Å². The number of hydrogen-bond acceptors (Lipinski definition) is 3. The lowest BCUT2D eigenvalue weighted by Crippen LogP contribution is -2.37. The summed E-state index contributed by atoms with van der Waals surface area (Å²) in [6, 6.07) is 11.3. The summed E-state index contributed by atoms with van der Waals surface area (Å²) in [5.74, 6) is -0.890. The van der Waals surface area contributed by atoms with Crippen molar-refractivity contribution in [3.05, 3.63) is 35.9 Å². The van der Waals surface area contributed by atoms with Crippen molar-refractivity contribution >= 4 is 5.91 Å². The van der Waals surface area contributed by atoms with Crippen LogP contribution in [0.1, 0.15) is 25.3 Å².